The minimum atomic E-state index is -0.571. The van der Waals surface area contributed by atoms with Crippen LogP contribution in [-0.4, -0.2) is 31.1 Å². The lowest BCUT2D eigenvalue weighted by Crippen LogP contribution is -2.35. The molecule has 0 aromatic heterocycles. The molecular weight excluding hydrogens is 330 g/mol. The summed E-state index contributed by atoms with van der Waals surface area (Å²) in [4.78, 5) is 23.4. The third-order valence-electron chi connectivity index (χ3n) is 3.94. The third-order valence-corrected chi connectivity index (χ3v) is 3.94. The van der Waals surface area contributed by atoms with Gasteiger partial charge in [-0.25, -0.2) is 4.79 Å². The highest BCUT2D eigenvalue weighted by Gasteiger charge is 2.11. The Morgan fingerprint density at radius 1 is 1.00 bits per heavy atom. The van der Waals surface area contributed by atoms with Crippen LogP contribution in [0.4, 0.5) is 0 Å². The van der Waals surface area contributed by atoms with E-state index in [1.165, 1.54) is 0 Å². The number of amides is 1. The monoisotopic (exact) mass is 355 g/mol. The summed E-state index contributed by atoms with van der Waals surface area (Å²) in [5, 5.41) is 2.74. The van der Waals surface area contributed by atoms with Crippen molar-refractivity contribution in [2.45, 2.75) is 32.7 Å². The van der Waals surface area contributed by atoms with Gasteiger partial charge in [0.1, 0.15) is 5.75 Å². The van der Waals surface area contributed by atoms with Crippen LogP contribution in [0.25, 0.3) is 0 Å². The van der Waals surface area contributed by atoms with Gasteiger partial charge in [-0.3, -0.25) is 4.79 Å². The highest BCUT2D eigenvalue weighted by atomic mass is 16.6. The smallest absolute Gasteiger partial charge is 0.344 e. The number of hydrogen-bond donors (Lipinski definition) is 1. The number of carbonyl (C=O) groups is 2. The Kier molecular flexibility index (Phi) is 7.68. The van der Waals surface area contributed by atoms with Crippen LogP contribution >= 0.6 is 0 Å². The zero-order valence-corrected chi connectivity index (χ0v) is 15.2. The lowest BCUT2D eigenvalue weighted by atomic mass is 10.0. The maximum atomic E-state index is 11.8. The SMILES string of the molecule is CC[C@@H](C)NC(=O)COC(=O)COc1ccccc1Cc1ccccc1. The van der Waals surface area contributed by atoms with Crippen molar-refractivity contribution in [3.05, 3.63) is 65.7 Å². The number of ether oxygens (including phenoxy) is 2. The van der Waals surface area contributed by atoms with E-state index in [1.807, 2.05) is 68.4 Å². The average Bonchev–Trinajstić information content (AvgIpc) is 2.66. The molecule has 0 saturated heterocycles. The zero-order chi connectivity index (χ0) is 18.8. The number of benzene rings is 2. The molecule has 0 radical (unpaired) electrons. The summed E-state index contributed by atoms with van der Waals surface area (Å²) in [5.74, 6) is -0.242. The summed E-state index contributed by atoms with van der Waals surface area (Å²) in [6.45, 7) is 3.34. The molecule has 0 bridgehead atoms. The van der Waals surface area contributed by atoms with Crippen LogP contribution in [0, 0.1) is 0 Å². The van der Waals surface area contributed by atoms with Gasteiger partial charge in [0.05, 0.1) is 0 Å². The predicted octanol–water partition coefficient (Wildman–Crippen LogP) is 3.11. The van der Waals surface area contributed by atoms with Crippen molar-refractivity contribution >= 4 is 11.9 Å². The Labute approximate surface area is 154 Å². The van der Waals surface area contributed by atoms with Gasteiger partial charge in [-0.05, 0) is 30.5 Å². The van der Waals surface area contributed by atoms with Crippen molar-refractivity contribution in [2.24, 2.45) is 0 Å². The molecule has 0 aliphatic rings. The molecule has 2 aromatic carbocycles. The largest absolute Gasteiger partial charge is 0.482 e. The molecule has 0 aliphatic carbocycles. The van der Waals surface area contributed by atoms with E-state index < -0.39 is 5.97 Å². The number of esters is 1. The van der Waals surface area contributed by atoms with Gasteiger partial charge in [-0.2, -0.15) is 0 Å². The van der Waals surface area contributed by atoms with Crippen molar-refractivity contribution in [2.75, 3.05) is 13.2 Å². The van der Waals surface area contributed by atoms with Crippen LogP contribution in [0.15, 0.2) is 54.6 Å². The lowest BCUT2D eigenvalue weighted by molar-refractivity contribution is -0.150. The fraction of sp³-hybridized carbons (Fsp3) is 0.333. The summed E-state index contributed by atoms with van der Waals surface area (Å²) in [6.07, 6.45) is 1.53. The normalized spacial score (nSPS) is 11.5. The minimum Gasteiger partial charge on any atom is -0.482 e. The van der Waals surface area contributed by atoms with Gasteiger partial charge in [0.15, 0.2) is 13.2 Å². The van der Waals surface area contributed by atoms with Gasteiger partial charge in [0.2, 0.25) is 0 Å². The Hall–Kier alpha value is -2.82. The molecule has 1 amide bonds. The van der Waals surface area contributed by atoms with Crippen LogP contribution in [0.5, 0.6) is 5.75 Å². The number of para-hydroxylation sites is 1. The van der Waals surface area contributed by atoms with E-state index in [9.17, 15) is 9.59 Å². The van der Waals surface area contributed by atoms with E-state index in [4.69, 9.17) is 9.47 Å². The highest BCUT2D eigenvalue weighted by molar-refractivity contribution is 5.81. The Morgan fingerprint density at radius 2 is 1.69 bits per heavy atom. The van der Waals surface area contributed by atoms with E-state index in [0.29, 0.717) is 12.2 Å². The van der Waals surface area contributed by atoms with Gasteiger partial charge in [-0.1, -0.05) is 55.5 Å². The van der Waals surface area contributed by atoms with Gasteiger partial charge in [-0.15, -0.1) is 0 Å². The molecule has 0 saturated carbocycles. The number of rotatable bonds is 9. The van der Waals surface area contributed by atoms with Gasteiger partial charge in [0.25, 0.3) is 5.91 Å². The minimum absolute atomic E-state index is 0.0577. The molecule has 5 heteroatoms. The average molecular weight is 355 g/mol. The fourth-order valence-electron chi connectivity index (χ4n) is 2.35. The first-order chi connectivity index (χ1) is 12.6. The molecule has 0 heterocycles. The first kappa shape index (κ1) is 19.5. The molecule has 0 unspecified atom stereocenters. The molecule has 5 nitrogen and oxygen atoms in total. The molecular formula is C21H25NO4. The molecule has 0 spiro atoms. The van der Waals surface area contributed by atoms with Crippen LogP contribution < -0.4 is 10.1 Å². The van der Waals surface area contributed by atoms with Crippen molar-refractivity contribution in [1.82, 2.24) is 5.32 Å². The molecule has 2 rings (SSSR count). The number of nitrogens with one attached hydrogen (secondary N) is 1. The summed E-state index contributed by atoms with van der Waals surface area (Å²) in [7, 11) is 0. The maximum Gasteiger partial charge on any atom is 0.344 e. The third kappa shape index (κ3) is 6.59. The Bertz CT molecular complexity index is 715. The zero-order valence-electron chi connectivity index (χ0n) is 15.2. The fourth-order valence-corrected chi connectivity index (χ4v) is 2.35. The molecule has 1 N–H and O–H groups in total. The van der Waals surface area contributed by atoms with Crippen molar-refractivity contribution < 1.29 is 19.1 Å². The van der Waals surface area contributed by atoms with E-state index in [2.05, 4.69) is 5.32 Å². The van der Waals surface area contributed by atoms with Crippen molar-refractivity contribution in [3.63, 3.8) is 0 Å². The maximum absolute atomic E-state index is 11.8. The molecule has 138 valence electrons. The highest BCUT2D eigenvalue weighted by Crippen LogP contribution is 2.21. The van der Waals surface area contributed by atoms with Crippen LogP contribution in [-0.2, 0) is 20.7 Å². The van der Waals surface area contributed by atoms with Crippen molar-refractivity contribution in [3.8, 4) is 5.75 Å². The van der Waals surface area contributed by atoms with E-state index >= 15 is 0 Å². The van der Waals surface area contributed by atoms with Crippen LogP contribution in [0.2, 0.25) is 0 Å². The second-order valence-corrected chi connectivity index (χ2v) is 6.10. The van der Waals surface area contributed by atoms with Gasteiger partial charge >= 0.3 is 5.97 Å². The standard InChI is InChI=1S/C21H25NO4/c1-3-16(2)22-20(23)14-26-21(24)15-25-19-12-8-7-11-18(19)13-17-9-5-4-6-10-17/h4-12,16H,3,13-15H2,1-2H3,(H,22,23)/t16-/m1/s1. The summed E-state index contributed by atoms with van der Waals surface area (Å²) >= 11 is 0. The summed E-state index contributed by atoms with van der Waals surface area (Å²) < 4.78 is 10.6. The van der Waals surface area contributed by atoms with Crippen LogP contribution in [0.3, 0.4) is 0 Å². The molecule has 1 atom stereocenters. The van der Waals surface area contributed by atoms with E-state index in [1.54, 1.807) is 0 Å². The molecule has 0 fully saturated rings. The number of carbonyl (C=O) groups excluding carboxylic acids is 2. The van der Waals surface area contributed by atoms with Crippen LogP contribution in [0.1, 0.15) is 31.4 Å². The summed E-state index contributed by atoms with van der Waals surface area (Å²) in [6, 6.07) is 17.7. The first-order valence-electron chi connectivity index (χ1n) is 8.78. The second kappa shape index (κ2) is 10.2. The molecule has 26 heavy (non-hydrogen) atoms. The van der Waals surface area contributed by atoms with Crippen molar-refractivity contribution in [1.29, 1.82) is 0 Å². The summed E-state index contributed by atoms with van der Waals surface area (Å²) in [5.41, 5.74) is 2.15. The predicted molar refractivity (Wildman–Crippen MR) is 100 cm³/mol. The van der Waals surface area contributed by atoms with Gasteiger partial charge in [0, 0.05) is 12.5 Å². The van der Waals surface area contributed by atoms with Gasteiger partial charge < -0.3 is 14.8 Å². The molecule has 2 aromatic rings. The Balaban J connectivity index is 1.83. The Morgan fingerprint density at radius 3 is 2.42 bits per heavy atom. The van der Waals surface area contributed by atoms with E-state index in [-0.39, 0.29) is 25.2 Å². The topological polar surface area (TPSA) is 64.6 Å². The lowest BCUT2D eigenvalue weighted by Gasteiger charge is -2.13. The number of hydrogen-bond acceptors (Lipinski definition) is 4. The quantitative estimate of drug-likeness (QED) is 0.702. The second-order valence-electron chi connectivity index (χ2n) is 6.10. The molecule has 0 aliphatic heterocycles. The van der Waals surface area contributed by atoms with E-state index in [0.717, 1.165) is 17.5 Å². The first-order valence-corrected chi connectivity index (χ1v) is 8.78.